The molecule has 9 heteroatoms. The van der Waals surface area contributed by atoms with Gasteiger partial charge in [0.2, 0.25) is 15.9 Å². The lowest BCUT2D eigenvalue weighted by molar-refractivity contribution is -0.134. The van der Waals surface area contributed by atoms with Crippen LogP contribution in [0.1, 0.15) is 34.6 Å². The Hall–Kier alpha value is -2.49. The molecule has 2 aromatic rings. The second kappa shape index (κ2) is 8.94. The third-order valence-corrected chi connectivity index (χ3v) is 6.75. The molecule has 2 N–H and O–H groups in total. The highest BCUT2D eigenvalue weighted by atomic mass is 32.2. The van der Waals surface area contributed by atoms with Crippen LogP contribution < -0.4 is 5.14 Å². The molecule has 3 rings (SSSR count). The predicted octanol–water partition coefficient (Wildman–Crippen LogP) is 1.72. The van der Waals surface area contributed by atoms with Crippen molar-refractivity contribution < 1.29 is 18.0 Å². The molecule has 1 aromatic heterocycles. The number of benzene rings is 1. The first-order chi connectivity index (χ1) is 14.5. The van der Waals surface area contributed by atoms with E-state index in [1.807, 2.05) is 24.5 Å². The number of nitrogens with two attached hydrogens (primary N) is 1. The zero-order valence-corrected chi connectivity index (χ0v) is 19.3. The maximum Gasteiger partial charge on any atom is 0.238 e. The Bertz CT molecular complexity index is 1090. The molecule has 1 aliphatic rings. The molecule has 2 heterocycles. The molecular weight excluding hydrogens is 416 g/mol. The largest absolute Gasteiger partial charge is 0.349 e. The molecule has 1 unspecified atom stereocenters. The number of ketones is 1. The van der Waals surface area contributed by atoms with Gasteiger partial charge in [-0.2, -0.15) is 0 Å². The number of primary sulfonamides is 1. The van der Waals surface area contributed by atoms with Gasteiger partial charge in [-0.3, -0.25) is 14.5 Å². The van der Waals surface area contributed by atoms with Crippen molar-refractivity contribution in [2.45, 2.75) is 31.6 Å². The van der Waals surface area contributed by atoms with Gasteiger partial charge in [0.05, 0.1) is 17.4 Å². The number of nitrogens with zero attached hydrogens (tertiary/aromatic N) is 3. The van der Waals surface area contributed by atoms with E-state index in [0.29, 0.717) is 12.1 Å². The number of aryl methyl sites for hydroxylation is 1. The number of Topliss-reactive ketones (excluding diaryl/α,β-unsaturated/α-hetero) is 1. The number of carbonyl (C=O) groups is 2. The van der Waals surface area contributed by atoms with E-state index in [0.717, 1.165) is 36.5 Å². The average molecular weight is 447 g/mol. The van der Waals surface area contributed by atoms with Crippen molar-refractivity contribution in [2.75, 3.05) is 33.7 Å². The Labute approximate surface area is 183 Å². The molecule has 0 radical (unpaired) electrons. The summed E-state index contributed by atoms with van der Waals surface area (Å²) in [7, 11) is -0.237. The second-order valence-corrected chi connectivity index (χ2v) is 9.95. The summed E-state index contributed by atoms with van der Waals surface area (Å²) in [4.78, 5) is 29.1. The first-order valence-electron chi connectivity index (χ1n) is 10.3. The van der Waals surface area contributed by atoms with E-state index in [2.05, 4.69) is 4.90 Å². The SMILES string of the molecule is Cc1cc(C(=O)CN2CCCC(C(=O)N(C)C)C2)c(C)n1-c1ccc(S(N)(=O)=O)cc1. The van der Waals surface area contributed by atoms with Crippen molar-refractivity contribution in [3.05, 3.63) is 47.3 Å². The van der Waals surface area contributed by atoms with Gasteiger partial charge in [0.25, 0.3) is 0 Å². The molecule has 168 valence electrons. The quantitative estimate of drug-likeness (QED) is 0.680. The van der Waals surface area contributed by atoms with E-state index in [1.54, 1.807) is 31.1 Å². The summed E-state index contributed by atoms with van der Waals surface area (Å²) in [6, 6.07) is 8.13. The average Bonchev–Trinajstić information content (AvgIpc) is 3.01. The number of hydrogen-bond acceptors (Lipinski definition) is 5. The van der Waals surface area contributed by atoms with Gasteiger partial charge in [0.15, 0.2) is 5.78 Å². The third-order valence-electron chi connectivity index (χ3n) is 5.82. The van der Waals surface area contributed by atoms with Crippen molar-refractivity contribution in [3.63, 3.8) is 0 Å². The Morgan fingerprint density at radius 3 is 2.39 bits per heavy atom. The molecule has 0 spiro atoms. The Morgan fingerprint density at radius 2 is 1.81 bits per heavy atom. The van der Waals surface area contributed by atoms with Gasteiger partial charge in [-0.25, -0.2) is 13.6 Å². The number of likely N-dealkylation sites (tertiary alicyclic amines) is 1. The number of rotatable bonds is 6. The van der Waals surface area contributed by atoms with Crippen molar-refractivity contribution >= 4 is 21.7 Å². The summed E-state index contributed by atoms with van der Waals surface area (Å²) < 4.78 is 24.9. The molecule has 1 atom stereocenters. The van der Waals surface area contributed by atoms with Crippen LogP contribution in [-0.2, 0) is 14.8 Å². The van der Waals surface area contributed by atoms with Crippen LogP contribution in [0.5, 0.6) is 0 Å². The first-order valence-corrected chi connectivity index (χ1v) is 11.8. The van der Waals surface area contributed by atoms with Gasteiger partial charge in [0, 0.05) is 43.3 Å². The highest BCUT2D eigenvalue weighted by molar-refractivity contribution is 7.89. The molecule has 0 bridgehead atoms. The Kier molecular flexibility index (Phi) is 6.68. The molecule has 1 aromatic carbocycles. The molecule has 31 heavy (non-hydrogen) atoms. The molecule has 0 aliphatic carbocycles. The fourth-order valence-corrected chi connectivity index (χ4v) is 4.80. The van der Waals surface area contributed by atoms with Crippen molar-refractivity contribution in [1.82, 2.24) is 14.4 Å². The van der Waals surface area contributed by atoms with Crippen LogP contribution in [0, 0.1) is 19.8 Å². The number of piperidine rings is 1. The lowest BCUT2D eigenvalue weighted by atomic mass is 9.96. The van der Waals surface area contributed by atoms with Gasteiger partial charge in [-0.05, 0) is 63.6 Å². The summed E-state index contributed by atoms with van der Waals surface area (Å²) in [5.41, 5.74) is 3.07. The van der Waals surface area contributed by atoms with Crippen LogP contribution in [-0.4, -0.2) is 68.2 Å². The fraction of sp³-hybridized carbons (Fsp3) is 0.455. The van der Waals surface area contributed by atoms with Crippen LogP contribution in [0.15, 0.2) is 35.2 Å². The minimum atomic E-state index is -3.76. The van der Waals surface area contributed by atoms with E-state index in [9.17, 15) is 18.0 Å². The number of amides is 1. The molecule has 1 saturated heterocycles. The van der Waals surface area contributed by atoms with Crippen LogP contribution in [0.4, 0.5) is 0 Å². The third kappa shape index (κ3) is 5.06. The topological polar surface area (TPSA) is 106 Å². The van der Waals surface area contributed by atoms with E-state index >= 15 is 0 Å². The van der Waals surface area contributed by atoms with Crippen LogP contribution in [0.2, 0.25) is 0 Å². The van der Waals surface area contributed by atoms with Crippen molar-refractivity contribution in [1.29, 1.82) is 0 Å². The maximum atomic E-state index is 13.1. The number of aromatic nitrogens is 1. The maximum absolute atomic E-state index is 13.1. The van der Waals surface area contributed by atoms with Crippen LogP contribution >= 0.6 is 0 Å². The summed E-state index contributed by atoms with van der Waals surface area (Å²) in [5, 5.41) is 5.18. The number of hydrogen-bond donors (Lipinski definition) is 1. The standard InChI is InChI=1S/C22H30N4O4S/c1-15-12-20(16(2)26(15)18-7-9-19(10-8-18)31(23,29)30)21(27)14-25-11-5-6-17(13-25)22(28)24(3)4/h7-10,12,17H,5-6,11,13-14H2,1-4H3,(H2,23,29,30). The van der Waals surface area contributed by atoms with Gasteiger partial charge in [-0.1, -0.05) is 0 Å². The highest BCUT2D eigenvalue weighted by Gasteiger charge is 2.28. The Morgan fingerprint density at radius 1 is 1.16 bits per heavy atom. The fourth-order valence-electron chi connectivity index (χ4n) is 4.28. The van der Waals surface area contributed by atoms with E-state index in [-0.39, 0.29) is 29.0 Å². The summed E-state index contributed by atoms with van der Waals surface area (Å²) in [6.07, 6.45) is 1.75. The summed E-state index contributed by atoms with van der Waals surface area (Å²) >= 11 is 0. The van der Waals surface area contributed by atoms with Gasteiger partial charge < -0.3 is 9.47 Å². The van der Waals surface area contributed by atoms with Crippen molar-refractivity contribution in [3.8, 4) is 5.69 Å². The van der Waals surface area contributed by atoms with Gasteiger partial charge in [-0.15, -0.1) is 0 Å². The molecule has 1 amide bonds. The summed E-state index contributed by atoms with van der Waals surface area (Å²) in [5.74, 6) is 0.0537. The monoisotopic (exact) mass is 446 g/mol. The first kappa shape index (κ1) is 23.2. The van der Waals surface area contributed by atoms with E-state index in [1.165, 1.54) is 12.1 Å². The Balaban J connectivity index is 1.78. The van der Waals surface area contributed by atoms with E-state index in [4.69, 9.17) is 5.14 Å². The number of carbonyl (C=O) groups excluding carboxylic acids is 2. The van der Waals surface area contributed by atoms with Gasteiger partial charge >= 0.3 is 0 Å². The van der Waals surface area contributed by atoms with Crippen LogP contribution in [0.3, 0.4) is 0 Å². The lowest BCUT2D eigenvalue weighted by Crippen LogP contribution is -2.44. The zero-order valence-electron chi connectivity index (χ0n) is 18.5. The highest BCUT2D eigenvalue weighted by Crippen LogP contribution is 2.24. The van der Waals surface area contributed by atoms with E-state index < -0.39 is 10.0 Å². The normalized spacial score (nSPS) is 17.5. The lowest BCUT2D eigenvalue weighted by Gasteiger charge is -2.32. The molecule has 1 fully saturated rings. The van der Waals surface area contributed by atoms with Gasteiger partial charge in [0.1, 0.15) is 0 Å². The van der Waals surface area contributed by atoms with Crippen LogP contribution in [0.25, 0.3) is 5.69 Å². The van der Waals surface area contributed by atoms with Crippen molar-refractivity contribution in [2.24, 2.45) is 11.1 Å². The minimum absolute atomic E-state index is 0.0125. The molecule has 8 nitrogen and oxygen atoms in total. The second-order valence-electron chi connectivity index (χ2n) is 8.39. The summed E-state index contributed by atoms with van der Waals surface area (Å²) in [6.45, 7) is 5.45. The minimum Gasteiger partial charge on any atom is -0.349 e. The smallest absolute Gasteiger partial charge is 0.238 e. The predicted molar refractivity (Wildman–Crippen MR) is 119 cm³/mol. The zero-order chi connectivity index (χ0) is 22.9. The molecule has 0 saturated carbocycles. The molecular formula is C22H30N4O4S. The number of sulfonamides is 1. The molecule has 1 aliphatic heterocycles.